The smallest absolute Gasteiger partial charge is 0.313 e. The van der Waals surface area contributed by atoms with Crippen molar-refractivity contribution in [3.63, 3.8) is 0 Å². The fourth-order valence-electron chi connectivity index (χ4n) is 2.90. The number of pyridine rings is 1. The van der Waals surface area contributed by atoms with Crippen LogP contribution in [0.4, 0.5) is 17.2 Å². The van der Waals surface area contributed by atoms with Gasteiger partial charge in [0, 0.05) is 49.2 Å². The number of aromatic nitrogens is 1. The lowest BCUT2D eigenvalue weighted by atomic mass is 10.1. The van der Waals surface area contributed by atoms with Crippen molar-refractivity contribution >= 4 is 34.8 Å². The first-order valence-electron chi connectivity index (χ1n) is 8.15. The Morgan fingerprint density at radius 2 is 2.04 bits per heavy atom. The van der Waals surface area contributed by atoms with Crippen LogP contribution < -0.4 is 10.6 Å². The van der Waals surface area contributed by atoms with Gasteiger partial charge < -0.3 is 15.5 Å². The second-order valence-electron chi connectivity index (χ2n) is 5.98. The van der Waals surface area contributed by atoms with Crippen LogP contribution in [0.3, 0.4) is 0 Å². The van der Waals surface area contributed by atoms with Gasteiger partial charge in [-0.1, -0.05) is 17.7 Å². The number of nitro groups is 1. The molecule has 2 heterocycles. The summed E-state index contributed by atoms with van der Waals surface area (Å²) in [6.07, 6.45) is 1.46. The highest BCUT2D eigenvalue weighted by Gasteiger charge is 2.21. The number of nitrogens with zero attached hydrogens (tertiary/aromatic N) is 5. The Labute approximate surface area is 156 Å². The first-order valence-corrected chi connectivity index (χ1v) is 8.53. The van der Waals surface area contributed by atoms with Gasteiger partial charge in [-0.05, 0) is 30.7 Å². The highest BCUT2D eigenvalue weighted by molar-refractivity contribution is 6.30. The normalized spacial score (nSPS) is 15.2. The predicted octanol–water partition coefficient (Wildman–Crippen LogP) is 2.72. The van der Waals surface area contributed by atoms with Gasteiger partial charge in [-0.25, -0.2) is 4.98 Å². The average Bonchev–Trinajstić information content (AvgIpc) is 2.64. The lowest BCUT2D eigenvalue weighted by Gasteiger charge is -2.37. The van der Waals surface area contributed by atoms with Crippen molar-refractivity contribution in [1.29, 1.82) is 0 Å². The summed E-state index contributed by atoms with van der Waals surface area (Å²) in [4.78, 5) is 22.8. The van der Waals surface area contributed by atoms with Crippen molar-refractivity contribution in [2.24, 2.45) is 10.7 Å². The van der Waals surface area contributed by atoms with Gasteiger partial charge in [0.05, 0.1) is 4.92 Å². The molecular weight excluding hydrogens is 356 g/mol. The fraction of sp³-hybridized carbons (Fsp3) is 0.294. The number of hydrogen-bond acceptors (Lipinski definition) is 5. The molecule has 1 saturated heterocycles. The van der Waals surface area contributed by atoms with Gasteiger partial charge in [0.1, 0.15) is 0 Å². The van der Waals surface area contributed by atoms with Crippen molar-refractivity contribution in [2.75, 3.05) is 31.1 Å². The molecule has 0 spiro atoms. The molecule has 1 aliphatic heterocycles. The van der Waals surface area contributed by atoms with E-state index in [4.69, 9.17) is 17.3 Å². The number of halogens is 1. The molecule has 2 aromatic rings. The van der Waals surface area contributed by atoms with E-state index in [0.29, 0.717) is 18.1 Å². The number of benzene rings is 1. The van der Waals surface area contributed by atoms with E-state index in [2.05, 4.69) is 14.9 Å². The van der Waals surface area contributed by atoms with Crippen molar-refractivity contribution in [3.05, 3.63) is 57.2 Å². The number of hydrogen-bond donors (Lipinski definition) is 1. The maximum Gasteiger partial charge on any atom is 0.313 e. The van der Waals surface area contributed by atoms with Crippen molar-refractivity contribution in [3.8, 4) is 0 Å². The summed E-state index contributed by atoms with van der Waals surface area (Å²) < 4.78 is 0. The van der Waals surface area contributed by atoms with Crippen LogP contribution >= 0.6 is 11.6 Å². The highest BCUT2D eigenvalue weighted by Crippen LogP contribution is 2.26. The van der Waals surface area contributed by atoms with Crippen LogP contribution in [0, 0.1) is 17.0 Å². The molecule has 1 aromatic heterocycles. The van der Waals surface area contributed by atoms with E-state index in [-0.39, 0.29) is 17.5 Å². The Balaban J connectivity index is 1.72. The minimum absolute atomic E-state index is 0.0168. The molecular formula is C17H19ClN6O2. The number of nitrogens with two attached hydrogens (primary N) is 1. The first kappa shape index (κ1) is 17.9. The summed E-state index contributed by atoms with van der Waals surface area (Å²) in [5, 5.41) is 11.8. The molecule has 136 valence electrons. The average molecular weight is 375 g/mol. The van der Waals surface area contributed by atoms with E-state index < -0.39 is 4.92 Å². The maximum absolute atomic E-state index is 11.1. The van der Waals surface area contributed by atoms with Gasteiger partial charge in [-0.2, -0.15) is 4.99 Å². The van der Waals surface area contributed by atoms with Crippen molar-refractivity contribution in [1.82, 2.24) is 9.88 Å². The summed E-state index contributed by atoms with van der Waals surface area (Å²) in [6, 6.07) is 8.70. The zero-order valence-electron chi connectivity index (χ0n) is 14.3. The molecule has 0 bridgehead atoms. The van der Waals surface area contributed by atoms with Gasteiger partial charge in [0.2, 0.25) is 5.82 Å². The lowest BCUT2D eigenvalue weighted by molar-refractivity contribution is -0.384. The lowest BCUT2D eigenvalue weighted by Crippen LogP contribution is -2.51. The number of anilines is 1. The summed E-state index contributed by atoms with van der Waals surface area (Å²) in [6.45, 7) is 4.86. The number of aliphatic imine (C=N–C) groups is 1. The van der Waals surface area contributed by atoms with Crippen molar-refractivity contribution < 1.29 is 4.92 Å². The SMILES string of the molecule is Cc1ccc(Cl)cc1N1CCN(/C(N)=N/c2ncccc2[N+](=O)[O-])CC1. The zero-order chi connectivity index (χ0) is 18.7. The van der Waals surface area contributed by atoms with Gasteiger partial charge in [-0.3, -0.25) is 10.1 Å². The Morgan fingerprint density at radius 1 is 1.31 bits per heavy atom. The van der Waals surface area contributed by atoms with Crippen LogP contribution in [0.15, 0.2) is 41.5 Å². The van der Waals surface area contributed by atoms with Gasteiger partial charge in [0.15, 0.2) is 5.96 Å². The molecule has 1 aromatic carbocycles. The second kappa shape index (κ2) is 7.57. The molecule has 1 aliphatic rings. The van der Waals surface area contributed by atoms with E-state index in [0.717, 1.165) is 24.3 Å². The third kappa shape index (κ3) is 3.85. The number of guanidine groups is 1. The quantitative estimate of drug-likeness (QED) is 0.383. The van der Waals surface area contributed by atoms with Crippen LogP contribution in [0.2, 0.25) is 5.02 Å². The van der Waals surface area contributed by atoms with Gasteiger partial charge in [-0.15, -0.1) is 0 Å². The number of rotatable bonds is 3. The first-order chi connectivity index (χ1) is 12.5. The predicted molar refractivity (Wildman–Crippen MR) is 102 cm³/mol. The Morgan fingerprint density at radius 3 is 2.73 bits per heavy atom. The van der Waals surface area contributed by atoms with Crippen LogP contribution in [0.5, 0.6) is 0 Å². The van der Waals surface area contributed by atoms with E-state index in [1.165, 1.54) is 18.3 Å². The molecule has 0 atom stereocenters. The van der Waals surface area contributed by atoms with Crippen LogP contribution in [-0.4, -0.2) is 46.9 Å². The standard InChI is InChI=1S/C17H19ClN6O2/c1-12-4-5-13(18)11-15(12)22-7-9-23(10-8-22)17(19)21-16-14(24(25)26)3-2-6-20-16/h2-6,11H,7-10H2,1H3,(H2,19,20,21). The molecule has 26 heavy (non-hydrogen) atoms. The summed E-state index contributed by atoms with van der Waals surface area (Å²) >= 11 is 6.11. The summed E-state index contributed by atoms with van der Waals surface area (Å²) in [5.74, 6) is 0.248. The van der Waals surface area contributed by atoms with E-state index in [1.807, 2.05) is 30.0 Å². The molecule has 2 N–H and O–H groups in total. The number of piperazine rings is 1. The van der Waals surface area contributed by atoms with Crippen LogP contribution in [0.25, 0.3) is 0 Å². The van der Waals surface area contributed by atoms with Crippen molar-refractivity contribution in [2.45, 2.75) is 6.92 Å². The molecule has 0 aliphatic carbocycles. The third-order valence-electron chi connectivity index (χ3n) is 4.30. The van der Waals surface area contributed by atoms with Gasteiger partial charge in [0.25, 0.3) is 0 Å². The van der Waals surface area contributed by atoms with E-state index >= 15 is 0 Å². The topological polar surface area (TPSA) is 101 Å². The molecule has 0 unspecified atom stereocenters. The molecule has 9 heteroatoms. The van der Waals surface area contributed by atoms with Crippen LogP contribution in [-0.2, 0) is 0 Å². The molecule has 0 radical (unpaired) electrons. The molecule has 0 saturated carbocycles. The van der Waals surface area contributed by atoms with E-state index in [9.17, 15) is 10.1 Å². The zero-order valence-corrected chi connectivity index (χ0v) is 15.1. The van der Waals surface area contributed by atoms with E-state index in [1.54, 1.807) is 0 Å². The van der Waals surface area contributed by atoms with Gasteiger partial charge >= 0.3 is 5.69 Å². The summed E-state index contributed by atoms with van der Waals surface area (Å²) in [7, 11) is 0. The molecule has 0 amide bonds. The fourth-order valence-corrected chi connectivity index (χ4v) is 3.06. The number of aryl methyl sites for hydroxylation is 1. The Bertz CT molecular complexity index is 849. The summed E-state index contributed by atoms with van der Waals surface area (Å²) in [5.41, 5.74) is 8.16. The maximum atomic E-state index is 11.1. The van der Waals surface area contributed by atoms with Crippen LogP contribution in [0.1, 0.15) is 5.56 Å². The minimum Gasteiger partial charge on any atom is -0.369 e. The third-order valence-corrected chi connectivity index (χ3v) is 4.53. The molecule has 3 rings (SSSR count). The minimum atomic E-state index is -0.515. The second-order valence-corrected chi connectivity index (χ2v) is 6.41. The Kier molecular flexibility index (Phi) is 5.22. The molecule has 8 nitrogen and oxygen atoms in total. The monoisotopic (exact) mass is 374 g/mol. The largest absolute Gasteiger partial charge is 0.369 e. The molecule has 1 fully saturated rings. The Hall–Kier alpha value is -2.87. The highest BCUT2D eigenvalue weighted by atomic mass is 35.5.